The van der Waals surface area contributed by atoms with Crippen LogP contribution in [0.25, 0.3) is 0 Å². The van der Waals surface area contributed by atoms with E-state index in [9.17, 15) is 14.7 Å². The Morgan fingerprint density at radius 2 is 1.80 bits per heavy atom. The number of rotatable bonds is 7. The lowest BCUT2D eigenvalue weighted by atomic mass is 9.32. The molecule has 2 aromatic carbocycles. The van der Waals surface area contributed by atoms with Crippen LogP contribution in [-0.2, 0) is 22.5 Å². The molecule has 9 heteroatoms. The molecule has 49 heavy (non-hydrogen) atoms. The number of amides is 1. The number of methoxy groups -OCH3 is 2. The van der Waals surface area contributed by atoms with Gasteiger partial charge in [-0.15, -0.1) is 0 Å². The van der Waals surface area contributed by atoms with E-state index in [-0.39, 0.29) is 46.1 Å². The van der Waals surface area contributed by atoms with E-state index in [4.69, 9.17) is 25.8 Å². The topological polar surface area (TPSA) is 85.3 Å². The highest BCUT2D eigenvalue weighted by Gasteiger charge is 2.76. The lowest BCUT2D eigenvalue weighted by Crippen LogP contribution is -2.67. The number of carbonyl (C=O) groups excluding carboxylic acids is 2. The van der Waals surface area contributed by atoms with Gasteiger partial charge in [-0.05, 0) is 86.5 Å². The molecular weight excluding hydrogens is 645 g/mol. The van der Waals surface area contributed by atoms with Crippen LogP contribution in [0.3, 0.4) is 0 Å². The highest BCUT2D eigenvalue weighted by molar-refractivity contribution is 6.31. The quantitative estimate of drug-likeness (QED) is 0.298. The zero-order chi connectivity index (χ0) is 34.6. The van der Waals surface area contributed by atoms with Crippen LogP contribution >= 0.6 is 11.6 Å². The summed E-state index contributed by atoms with van der Waals surface area (Å²) in [6, 6.07) is 10.1. The number of nitrogens with zero attached hydrogens (tertiary/aromatic N) is 1. The minimum absolute atomic E-state index is 0.0199. The summed E-state index contributed by atoms with van der Waals surface area (Å²) in [4.78, 5) is 30.2. The van der Waals surface area contributed by atoms with Crippen molar-refractivity contribution in [1.82, 2.24) is 4.90 Å². The number of ether oxygens (including phenoxy) is 3. The molecule has 260 valence electrons. The van der Waals surface area contributed by atoms with E-state index < -0.39 is 33.8 Å². The molecule has 3 saturated carbocycles. The molecule has 6 aliphatic carbocycles. The van der Waals surface area contributed by atoms with Crippen molar-refractivity contribution in [3.63, 3.8) is 0 Å². The summed E-state index contributed by atoms with van der Waals surface area (Å²) in [7, 11) is 3.22. The second-order valence-corrected chi connectivity index (χ2v) is 16.4. The van der Waals surface area contributed by atoms with Crippen molar-refractivity contribution in [2.45, 2.75) is 83.5 Å². The Morgan fingerprint density at radius 1 is 1.04 bits per heavy atom. The monoisotopic (exact) mass is 689 g/mol. The zero-order valence-corrected chi connectivity index (χ0v) is 29.4. The van der Waals surface area contributed by atoms with Gasteiger partial charge in [0.25, 0.3) is 0 Å². The number of carbonyl (C=O) groups is 2. The molecule has 1 saturated heterocycles. The number of hydrogen-bond acceptors (Lipinski definition) is 6. The maximum absolute atomic E-state index is 15.1. The number of hydrogen-bond donors (Lipinski definition) is 1. The molecule has 9 rings (SSSR count). The average Bonchev–Trinajstić information content (AvgIpc) is 3.56. The Kier molecular flexibility index (Phi) is 7.41. The van der Waals surface area contributed by atoms with Crippen LogP contribution in [0, 0.1) is 39.3 Å². The first-order chi connectivity index (χ1) is 23.3. The highest BCUT2D eigenvalue weighted by Crippen LogP contribution is 2.79. The molecule has 7 aliphatic rings. The summed E-state index contributed by atoms with van der Waals surface area (Å²) in [6.07, 6.45) is 11.2. The second-order valence-electron chi connectivity index (χ2n) is 16.0. The maximum Gasteiger partial charge on any atom is 0.410 e. The van der Waals surface area contributed by atoms with E-state index in [0.29, 0.717) is 37.4 Å². The molecule has 2 bridgehead atoms. The van der Waals surface area contributed by atoms with Crippen LogP contribution in [0.1, 0.15) is 69.9 Å². The van der Waals surface area contributed by atoms with Crippen molar-refractivity contribution in [3.05, 3.63) is 82.2 Å². The molecule has 0 aromatic heterocycles. The average molecular weight is 690 g/mol. The minimum Gasteiger partial charge on any atom is -0.497 e. The van der Waals surface area contributed by atoms with Gasteiger partial charge in [0.05, 0.1) is 33.4 Å². The molecule has 1 heterocycles. The van der Waals surface area contributed by atoms with E-state index >= 15 is 4.39 Å². The third kappa shape index (κ3) is 4.35. The number of fused-ring (bicyclic) bond motifs is 2. The van der Waals surface area contributed by atoms with E-state index in [1.165, 1.54) is 6.07 Å². The fourth-order valence-electron chi connectivity index (χ4n) is 11.7. The van der Waals surface area contributed by atoms with Crippen LogP contribution in [0.2, 0.25) is 5.02 Å². The first-order valence-electron chi connectivity index (χ1n) is 17.6. The fraction of sp³-hybridized carbons (Fsp3) is 0.550. The Balaban J connectivity index is 1.18. The summed E-state index contributed by atoms with van der Waals surface area (Å²) in [5, 5.41) is 11.2. The van der Waals surface area contributed by atoms with E-state index in [1.54, 1.807) is 31.3 Å². The van der Waals surface area contributed by atoms with Crippen molar-refractivity contribution in [2.75, 3.05) is 20.8 Å². The second kappa shape index (κ2) is 11.1. The van der Waals surface area contributed by atoms with Crippen molar-refractivity contribution >= 4 is 23.5 Å². The SMILES string of the molecule is COc1ccc(CN2C[C@@]3(CC[C@H]4[C@]56C=C[C@@]7(C=C5C(=O)Cc5c(F)cccc5Cl)C[C@@H](O)CC[C@]7(C)[C@H]6CC[C@@]43C)OC2=O)c(OC)c1. The van der Waals surface area contributed by atoms with E-state index in [0.717, 1.165) is 43.2 Å². The summed E-state index contributed by atoms with van der Waals surface area (Å²) in [5.74, 6) is 0.897. The van der Waals surface area contributed by atoms with Gasteiger partial charge in [-0.1, -0.05) is 49.7 Å². The van der Waals surface area contributed by atoms with Gasteiger partial charge in [-0.25, -0.2) is 9.18 Å². The first kappa shape index (κ1) is 32.8. The maximum atomic E-state index is 15.1. The van der Waals surface area contributed by atoms with Gasteiger partial charge in [-0.2, -0.15) is 0 Å². The third-order valence-corrected chi connectivity index (χ3v) is 14.6. The highest BCUT2D eigenvalue weighted by atomic mass is 35.5. The van der Waals surface area contributed by atoms with Crippen LogP contribution in [0.4, 0.5) is 9.18 Å². The number of halogens is 2. The molecule has 1 aliphatic heterocycles. The summed E-state index contributed by atoms with van der Waals surface area (Å²) < 4.78 is 32.6. The molecule has 1 amide bonds. The number of benzene rings is 2. The van der Waals surface area contributed by atoms with Crippen molar-refractivity contribution in [1.29, 1.82) is 0 Å². The molecule has 0 radical (unpaired) electrons. The number of aliphatic hydroxyl groups is 1. The molecule has 2 aromatic rings. The predicted octanol–water partition coefficient (Wildman–Crippen LogP) is 7.86. The number of Topliss-reactive ketones (excluding diaryl/α,β-unsaturated/α-hetero) is 1. The molecule has 4 fully saturated rings. The third-order valence-electron chi connectivity index (χ3n) is 14.2. The first-order valence-corrected chi connectivity index (χ1v) is 18.0. The van der Waals surface area contributed by atoms with E-state index in [1.807, 2.05) is 18.2 Å². The summed E-state index contributed by atoms with van der Waals surface area (Å²) in [5.41, 5.74) is -0.549. The Labute approximate surface area is 292 Å². The molecule has 7 nitrogen and oxygen atoms in total. The van der Waals surface area contributed by atoms with Crippen LogP contribution < -0.4 is 9.47 Å². The van der Waals surface area contributed by atoms with Gasteiger partial charge in [0.15, 0.2) is 5.78 Å². The standard InChI is InChI=1S/C40H45ClFNO6/c1-36-13-10-25(44)20-38(36)16-17-40(28(21-38)31(45)19-27-29(41)6-5-7-30(27)42)33(36)11-14-37(2)34(40)12-15-39(37)23-43(35(46)49-39)22-24-8-9-26(47-3)18-32(24)48-4/h5-9,16-18,21,25,33-34,44H,10-15,19-20,22-23H2,1-4H3/t25-,33+,34+,36+,37-,38-,39+,40+/m0/s1. The van der Waals surface area contributed by atoms with Crippen molar-refractivity contribution < 1.29 is 33.3 Å². The molecule has 3 spiro atoms. The Hall–Kier alpha value is -3.36. The van der Waals surface area contributed by atoms with Gasteiger partial charge in [0.2, 0.25) is 0 Å². The van der Waals surface area contributed by atoms with Crippen LogP contribution in [0.15, 0.2) is 60.2 Å². The minimum atomic E-state index is -0.722. The van der Waals surface area contributed by atoms with Crippen LogP contribution in [0.5, 0.6) is 11.5 Å². The van der Waals surface area contributed by atoms with Crippen molar-refractivity contribution in [2.24, 2.45) is 33.5 Å². The summed E-state index contributed by atoms with van der Waals surface area (Å²) in [6.45, 7) is 5.43. The van der Waals surface area contributed by atoms with Crippen molar-refractivity contribution in [3.8, 4) is 11.5 Å². The number of ketones is 1. The van der Waals surface area contributed by atoms with Gasteiger partial charge in [0.1, 0.15) is 22.9 Å². The van der Waals surface area contributed by atoms with Gasteiger partial charge < -0.3 is 19.3 Å². The number of allylic oxidation sites excluding steroid dienone is 4. The predicted molar refractivity (Wildman–Crippen MR) is 183 cm³/mol. The lowest BCUT2D eigenvalue weighted by Gasteiger charge is -2.71. The van der Waals surface area contributed by atoms with Gasteiger partial charge >= 0.3 is 6.09 Å². The normalized spacial score (nSPS) is 38.5. The van der Waals surface area contributed by atoms with Crippen LogP contribution in [-0.4, -0.2) is 54.4 Å². The molecule has 1 N–H and O–H groups in total. The smallest absolute Gasteiger partial charge is 0.410 e. The molecule has 8 atom stereocenters. The largest absolute Gasteiger partial charge is 0.497 e. The summed E-state index contributed by atoms with van der Waals surface area (Å²) >= 11 is 6.46. The molecular formula is C40H45ClFNO6. The number of aliphatic hydroxyl groups excluding tert-OH is 1. The molecule has 0 unspecified atom stereocenters. The fourth-order valence-corrected chi connectivity index (χ4v) is 11.9. The Bertz CT molecular complexity index is 1790. The Morgan fingerprint density at radius 3 is 2.55 bits per heavy atom. The van der Waals surface area contributed by atoms with Gasteiger partial charge in [-0.3, -0.25) is 9.69 Å². The van der Waals surface area contributed by atoms with Gasteiger partial charge in [0, 0.05) is 50.5 Å². The van der Waals surface area contributed by atoms with E-state index in [2.05, 4.69) is 32.1 Å². The zero-order valence-electron chi connectivity index (χ0n) is 28.7. The lowest BCUT2D eigenvalue weighted by molar-refractivity contribution is -0.168.